The second-order valence-electron chi connectivity index (χ2n) is 8.77. The smallest absolute Gasteiger partial charge is 0.336 e. The zero-order chi connectivity index (χ0) is 25.0. The monoisotopic (exact) mass is 468 g/mol. The molecule has 0 saturated carbocycles. The summed E-state index contributed by atoms with van der Waals surface area (Å²) in [4.78, 5) is 37.9. The zero-order valence-electron chi connectivity index (χ0n) is 19.8. The van der Waals surface area contributed by atoms with Crippen LogP contribution >= 0.6 is 0 Å². The fraction of sp³-hybridized carbons (Fsp3) is 0.179. The Morgan fingerprint density at radius 3 is 2.29 bits per heavy atom. The van der Waals surface area contributed by atoms with Gasteiger partial charge < -0.3 is 19.7 Å². The summed E-state index contributed by atoms with van der Waals surface area (Å²) in [6.45, 7) is 5.70. The number of hydrogen-bond donors (Lipinski definition) is 2. The second-order valence-corrected chi connectivity index (χ2v) is 8.77. The van der Waals surface area contributed by atoms with Crippen LogP contribution in [0.15, 0.2) is 71.4 Å². The summed E-state index contributed by atoms with van der Waals surface area (Å²) in [5, 5.41) is 12.5. The van der Waals surface area contributed by atoms with Crippen molar-refractivity contribution in [2.24, 2.45) is 0 Å². The van der Waals surface area contributed by atoms with Crippen LogP contribution in [-0.2, 0) is 9.53 Å². The van der Waals surface area contributed by atoms with E-state index >= 15 is 0 Å². The third-order valence-corrected chi connectivity index (χ3v) is 6.81. The number of carboxylic acids is 1. The highest BCUT2D eigenvalue weighted by Gasteiger charge is 2.43. The normalized spacial score (nSPS) is 16.7. The van der Waals surface area contributed by atoms with Crippen LogP contribution in [0.25, 0.3) is 11.4 Å². The number of rotatable bonds is 4. The highest BCUT2D eigenvalue weighted by atomic mass is 16.5. The molecule has 0 saturated heterocycles. The maximum atomic E-state index is 13.6. The lowest BCUT2D eigenvalue weighted by Crippen LogP contribution is -2.29. The molecule has 5 rings (SSSR count). The highest BCUT2D eigenvalue weighted by Crippen LogP contribution is 2.48. The van der Waals surface area contributed by atoms with Crippen LogP contribution in [0.5, 0.6) is 0 Å². The zero-order valence-corrected chi connectivity index (χ0v) is 19.8. The summed E-state index contributed by atoms with van der Waals surface area (Å²) >= 11 is 0. The lowest BCUT2D eigenvalue weighted by molar-refractivity contribution is -0.136. The lowest BCUT2D eigenvalue weighted by Gasteiger charge is -2.29. The van der Waals surface area contributed by atoms with Gasteiger partial charge in [-0.2, -0.15) is 0 Å². The summed E-state index contributed by atoms with van der Waals surface area (Å²) in [6.07, 6.45) is 0. The molecule has 0 unspecified atom stereocenters. The quantitative estimate of drug-likeness (QED) is 0.546. The number of fused-ring (bicyclic) bond motifs is 2. The van der Waals surface area contributed by atoms with Crippen LogP contribution in [-0.4, -0.2) is 34.5 Å². The number of carbonyl (C=O) groups is 3. The molecule has 0 spiro atoms. The Balaban J connectivity index is 1.71. The van der Waals surface area contributed by atoms with Gasteiger partial charge in [-0.25, -0.2) is 9.59 Å². The SMILES string of the molecule is COC(=O)C1=C(C)NC2=C(C(=O)c3ccccc32)[C@@H]1c1cc(C)n(-c2ccc(C(=O)O)cc2)c1C. The summed E-state index contributed by atoms with van der Waals surface area (Å²) in [5.74, 6) is -2.21. The van der Waals surface area contributed by atoms with E-state index in [0.717, 1.165) is 33.9 Å². The van der Waals surface area contributed by atoms with Gasteiger partial charge in [-0.05, 0) is 56.7 Å². The third-order valence-electron chi connectivity index (χ3n) is 6.81. The molecule has 0 amide bonds. The minimum absolute atomic E-state index is 0.113. The second kappa shape index (κ2) is 8.13. The number of Topliss-reactive ketones (excluding diaryl/α,β-unsaturated/α-hetero) is 1. The van der Waals surface area contributed by atoms with Gasteiger partial charge in [0.25, 0.3) is 0 Å². The first-order valence-corrected chi connectivity index (χ1v) is 11.2. The van der Waals surface area contributed by atoms with Crippen molar-refractivity contribution in [3.05, 3.63) is 105 Å². The molecule has 0 fully saturated rings. The standard InChI is InChI=1S/C28H24N2O5/c1-14-13-21(16(3)30(14)18-11-9-17(10-12-18)27(32)33)23-22(28(34)35-4)15(2)29-25-19-7-5-6-8-20(19)26(31)24(23)25/h5-13,23,29H,1-4H3,(H,32,33)/t23-/m1/s1. The molecule has 7 nitrogen and oxygen atoms in total. The number of carboxylic acid groups (broad SMARTS) is 1. The van der Waals surface area contributed by atoms with Crippen molar-refractivity contribution < 1.29 is 24.2 Å². The average Bonchev–Trinajstić information content (AvgIpc) is 3.30. The van der Waals surface area contributed by atoms with Gasteiger partial charge in [-0.3, -0.25) is 4.79 Å². The van der Waals surface area contributed by atoms with Gasteiger partial charge in [0, 0.05) is 39.5 Å². The van der Waals surface area contributed by atoms with Crippen LogP contribution in [0.2, 0.25) is 0 Å². The van der Waals surface area contributed by atoms with Crippen molar-refractivity contribution in [2.75, 3.05) is 7.11 Å². The summed E-state index contributed by atoms with van der Waals surface area (Å²) in [6, 6.07) is 16.0. The molecule has 2 heterocycles. The number of aromatic nitrogens is 1. The van der Waals surface area contributed by atoms with E-state index in [4.69, 9.17) is 4.74 Å². The van der Waals surface area contributed by atoms with E-state index in [1.54, 1.807) is 30.3 Å². The summed E-state index contributed by atoms with van der Waals surface area (Å²) in [5.41, 5.74) is 7.26. The molecule has 2 aliphatic rings. The van der Waals surface area contributed by atoms with Gasteiger partial charge in [0.15, 0.2) is 5.78 Å². The number of nitrogens with zero attached hydrogens (tertiary/aromatic N) is 1. The Morgan fingerprint density at radius 2 is 1.66 bits per heavy atom. The number of dihydropyridines is 1. The minimum atomic E-state index is -0.991. The molecular weight excluding hydrogens is 444 g/mol. The molecule has 0 radical (unpaired) electrons. The molecule has 0 bridgehead atoms. The summed E-state index contributed by atoms with van der Waals surface area (Å²) in [7, 11) is 1.34. The van der Waals surface area contributed by atoms with Crippen molar-refractivity contribution in [1.82, 2.24) is 9.88 Å². The number of carbonyl (C=O) groups excluding carboxylic acids is 2. The Labute approximate surface area is 202 Å². The molecule has 1 aliphatic heterocycles. The number of allylic oxidation sites excluding steroid dienone is 2. The predicted octanol–water partition coefficient (Wildman–Crippen LogP) is 4.53. The minimum Gasteiger partial charge on any atom is -0.478 e. The highest BCUT2D eigenvalue weighted by molar-refractivity contribution is 6.23. The van der Waals surface area contributed by atoms with Gasteiger partial charge in [0.1, 0.15) is 0 Å². The molecule has 35 heavy (non-hydrogen) atoms. The number of ketones is 1. The number of esters is 1. The predicted molar refractivity (Wildman–Crippen MR) is 130 cm³/mol. The fourth-order valence-electron chi connectivity index (χ4n) is 5.25. The Kier molecular flexibility index (Phi) is 5.20. The van der Waals surface area contributed by atoms with Crippen molar-refractivity contribution in [3.8, 4) is 5.69 Å². The van der Waals surface area contributed by atoms with Crippen molar-refractivity contribution in [2.45, 2.75) is 26.7 Å². The number of aromatic carboxylic acids is 1. The van der Waals surface area contributed by atoms with Gasteiger partial charge in [0.05, 0.1) is 29.9 Å². The number of nitrogens with one attached hydrogen (secondary N) is 1. The molecule has 1 aliphatic carbocycles. The Bertz CT molecular complexity index is 1490. The number of ether oxygens (including phenoxy) is 1. The van der Waals surface area contributed by atoms with Gasteiger partial charge in [-0.15, -0.1) is 0 Å². The third kappa shape index (κ3) is 3.31. The number of methoxy groups -OCH3 is 1. The molecular formula is C28H24N2O5. The molecule has 1 aromatic heterocycles. The van der Waals surface area contributed by atoms with E-state index < -0.39 is 17.9 Å². The maximum absolute atomic E-state index is 13.6. The number of benzene rings is 2. The van der Waals surface area contributed by atoms with Gasteiger partial charge in [-0.1, -0.05) is 24.3 Å². The van der Waals surface area contributed by atoms with E-state index in [1.807, 2.05) is 49.6 Å². The fourth-order valence-corrected chi connectivity index (χ4v) is 5.25. The van der Waals surface area contributed by atoms with Crippen molar-refractivity contribution >= 4 is 23.4 Å². The first kappa shape index (κ1) is 22.4. The number of hydrogen-bond acceptors (Lipinski definition) is 5. The molecule has 3 aromatic rings. The summed E-state index contributed by atoms with van der Waals surface area (Å²) < 4.78 is 7.14. The Hall–Kier alpha value is -4.39. The first-order valence-electron chi connectivity index (χ1n) is 11.2. The van der Waals surface area contributed by atoms with E-state index in [1.165, 1.54) is 7.11 Å². The molecule has 176 valence electrons. The van der Waals surface area contributed by atoms with Crippen LogP contribution in [0, 0.1) is 13.8 Å². The van der Waals surface area contributed by atoms with Crippen molar-refractivity contribution in [1.29, 1.82) is 0 Å². The first-order chi connectivity index (χ1) is 16.7. The number of aryl methyl sites for hydroxylation is 1. The topological polar surface area (TPSA) is 97.6 Å². The van der Waals surface area contributed by atoms with Gasteiger partial charge in [0.2, 0.25) is 0 Å². The Morgan fingerprint density at radius 1 is 1.00 bits per heavy atom. The van der Waals surface area contributed by atoms with Crippen molar-refractivity contribution in [3.63, 3.8) is 0 Å². The average molecular weight is 469 g/mol. The van der Waals surface area contributed by atoms with Gasteiger partial charge >= 0.3 is 11.9 Å². The van der Waals surface area contributed by atoms with Crippen LogP contribution < -0.4 is 5.32 Å². The van der Waals surface area contributed by atoms with E-state index in [2.05, 4.69) is 5.32 Å². The molecule has 7 heteroatoms. The van der Waals surface area contributed by atoms with Crippen LogP contribution in [0.1, 0.15) is 56.1 Å². The van der Waals surface area contributed by atoms with Crippen LogP contribution in [0.4, 0.5) is 0 Å². The lowest BCUT2D eigenvalue weighted by atomic mass is 9.79. The van der Waals surface area contributed by atoms with E-state index in [-0.39, 0.29) is 11.3 Å². The molecule has 1 atom stereocenters. The van der Waals surface area contributed by atoms with Crippen LogP contribution in [0.3, 0.4) is 0 Å². The van der Waals surface area contributed by atoms with E-state index in [0.29, 0.717) is 22.4 Å². The molecule has 2 N–H and O–H groups in total. The maximum Gasteiger partial charge on any atom is 0.336 e. The largest absolute Gasteiger partial charge is 0.478 e. The molecule has 2 aromatic carbocycles. The van der Waals surface area contributed by atoms with E-state index in [9.17, 15) is 19.5 Å².